The Hall–Kier alpha value is -2.23. The van der Waals surface area contributed by atoms with Crippen LogP contribution in [-0.2, 0) is 0 Å². The summed E-state index contributed by atoms with van der Waals surface area (Å²) in [6, 6.07) is 18.9. The molecule has 0 unspecified atom stereocenters. The summed E-state index contributed by atoms with van der Waals surface area (Å²) in [6.07, 6.45) is 5.05. The van der Waals surface area contributed by atoms with Crippen molar-refractivity contribution in [3.8, 4) is 5.75 Å². The minimum Gasteiger partial charge on any atom is -0.465 e. The number of benzene rings is 3. The van der Waals surface area contributed by atoms with Gasteiger partial charge in [-0.2, -0.15) is 5.10 Å². The fourth-order valence-electron chi connectivity index (χ4n) is 5.10. The monoisotopic (exact) mass is 422 g/mol. The second kappa shape index (κ2) is 6.38. The van der Waals surface area contributed by atoms with Crippen molar-refractivity contribution in [1.29, 1.82) is 0 Å². The van der Waals surface area contributed by atoms with Gasteiger partial charge in [0.05, 0.1) is 16.8 Å². The molecule has 2 aliphatic heterocycles. The number of hydrogen-bond acceptors (Lipinski definition) is 3. The van der Waals surface area contributed by atoms with Crippen LogP contribution in [0.15, 0.2) is 59.7 Å². The summed E-state index contributed by atoms with van der Waals surface area (Å²) in [6.45, 7) is 0. The van der Waals surface area contributed by atoms with E-state index < -0.39 is 5.72 Å². The molecule has 1 spiro atoms. The predicted molar refractivity (Wildman–Crippen MR) is 118 cm³/mol. The molecular weight excluding hydrogens is 403 g/mol. The smallest absolute Gasteiger partial charge is 0.198 e. The largest absolute Gasteiger partial charge is 0.465 e. The zero-order chi connectivity index (χ0) is 19.6. The quantitative estimate of drug-likeness (QED) is 0.423. The first-order valence-electron chi connectivity index (χ1n) is 10.2. The van der Waals surface area contributed by atoms with E-state index in [2.05, 4.69) is 47.5 Å². The fourth-order valence-corrected chi connectivity index (χ4v) is 5.65. The lowest BCUT2D eigenvalue weighted by Gasteiger charge is -2.46. The summed E-state index contributed by atoms with van der Waals surface area (Å²) in [5.74, 6) is 0.786. The zero-order valence-electron chi connectivity index (χ0n) is 15.9. The number of fused-ring (bicyclic) bond motifs is 5. The molecule has 3 aromatic rings. The molecule has 1 atom stereocenters. The second-order valence-electron chi connectivity index (χ2n) is 8.23. The third-order valence-electron chi connectivity index (χ3n) is 6.48. The van der Waals surface area contributed by atoms with Gasteiger partial charge in [0.2, 0.25) is 0 Å². The van der Waals surface area contributed by atoms with E-state index in [0.717, 1.165) is 49.1 Å². The van der Waals surface area contributed by atoms with Gasteiger partial charge in [-0.3, -0.25) is 0 Å². The third kappa shape index (κ3) is 2.68. The van der Waals surface area contributed by atoms with Crippen LogP contribution in [0.25, 0.3) is 10.8 Å². The lowest BCUT2D eigenvalue weighted by atomic mass is 9.93. The highest BCUT2D eigenvalue weighted by atomic mass is 35.5. The van der Waals surface area contributed by atoms with Crippen LogP contribution in [0.3, 0.4) is 0 Å². The number of halogens is 2. The van der Waals surface area contributed by atoms with Crippen molar-refractivity contribution in [2.24, 2.45) is 5.10 Å². The van der Waals surface area contributed by atoms with Crippen LogP contribution in [-0.4, -0.2) is 16.4 Å². The summed E-state index contributed by atoms with van der Waals surface area (Å²) in [4.78, 5) is 0. The van der Waals surface area contributed by atoms with E-state index in [1.54, 1.807) is 6.07 Å². The van der Waals surface area contributed by atoms with Gasteiger partial charge in [-0.1, -0.05) is 59.6 Å². The van der Waals surface area contributed by atoms with Gasteiger partial charge < -0.3 is 4.74 Å². The number of hydrazone groups is 1. The van der Waals surface area contributed by atoms with Crippen molar-refractivity contribution in [3.63, 3.8) is 0 Å². The second-order valence-corrected chi connectivity index (χ2v) is 9.08. The molecule has 1 aliphatic carbocycles. The highest BCUT2D eigenvalue weighted by Gasteiger charge is 2.52. The van der Waals surface area contributed by atoms with Crippen LogP contribution >= 0.6 is 23.2 Å². The van der Waals surface area contributed by atoms with Gasteiger partial charge in [-0.25, -0.2) is 5.01 Å². The Morgan fingerprint density at radius 3 is 2.59 bits per heavy atom. The molecule has 146 valence electrons. The maximum Gasteiger partial charge on any atom is 0.198 e. The molecule has 0 radical (unpaired) electrons. The summed E-state index contributed by atoms with van der Waals surface area (Å²) in [5, 5.41) is 11.0. The van der Waals surface area contributed by atoms with Crippen molar-refractivity contribution in [3.05, 3.63) is 75.8 Å². The molecule has 0 saturated heterocycles. The first kappa shape index (κ1) is 17.6. The SMILES string of the molecule is Clc1cc(Cl)c2c(c1)[C@@H]1CC(c3ccc4ccccc4c3)=NN1C1(CCCC1)O2. The van der Waals surface area contributed by atoms with Crippen LogP contribution in [0, 0.1) is 0 Å². The van der Waals surface area contributed by atoms with Crippen LogP contribution in [0.5, 0.6) is 5.75 Å². The van der Waals surface area contributed by atoms with Crippen LogP contribution in [0.4, 0.5) is 0 Å². The number of rotatable bonds is 1. The van der Waals surface area contributed by atoms with Crippen molar-refractivity contribution in [2.75, 3.05) is 0 Å². The van der Waals surface area contributed by atoms with E-state index in [9.17, 15) is 0 Å². The van der Waals surface area contributed by atoms with Crippen molar-refractivity contribution in [2.45, 2.75) is 43.9 Å². The van der Waals surface area contributed by atoms with E-state index in [1.807, 2.05) is 6.07 Å². The Morgan fingerprint density at radius 2 is 1.76 bits per heavy atom. The van der Waals surface area contributed by atoms with Gasteiger partial charge in [0.1, 0.15) is 5.75 Å². The Bertz CT molecular complexity index is 1170. The Labute approximate surface area is 179 Å². The lowest BCUT2D eigenvalue weighted by molar-refractivity contribution is -0.114. The number of ether oxygens (including phenoxy) is 1. The summed E-state index contributed by atoms with van der Waals surface area (Å²) in [5.41, 5.74) is 2.91. The summed E-state index contributed by atoms with van der Waals surface area (Å²) in [7, 11) is 0. The third-order valence-corrected chi connectivity index (χ3v) is 6.98. The minimum absolute atomic E-state index is 0.106. The molecule has 0 amide bonds. The van der Waals surface area contributed by atoms with Gasteiger partial charge in [0.15, 0.2) is 5.72 Å². The van der Waals surface area contributed by atoms with Crippen molar-refractivity contribution < 1.29 is 4.74 Å². The molecule has 0 bridgehead atoms. The number of hydrogen-bond donors (Lipinski definition) is 0. The fraction of sp³-hybridized carbons (Fsp3) is 0.292. The molecule has 1 saturated carbocycles. The first-order valence-corrected chi connectivity index (χ1v) is 10.9. The summed E-state index contributed by atoms with van der Waals surface area (Å²) >= 11 is 12.9. The van der Waals surface area contributed by atoms with Gasteiger partial charge in [0.25, 0.3) is 0 Å². The lowest BCUT2D eigenvalue weighted by Crippen LogP contribution is -2.51. The van der Waals surface area contributed by atoms with E-state index in [1.165, 1.54) is 16.3 Å². The van der Waals surface area contributed by atoms with Crippen molar-refractivity contribution >= 4 is 39.7 Å². The van der Waals surface area contributed by atoms with Crippen LogP contribution in [0.2, 0.25) is 10.0 Å². The molecular formula is C24H20Cl2N2O. The Morgan fingerprint density at radius 1 is 0.966 bits per heavy atom. The molecule has 1 fully saturated rings. The molecule has 6 rings (SSSR count). The van der Waals surface area contributed by atoms with E-state index in [4.69, 9.17) is 33.0 Å². The van der Waals surface area contributed by atoms with Crippen molar-refractivity contribution in [1.82, 2.24) is 5.01 Å². The van der Waals surface area contributed by atoms with Crippen LogP contribution < -0.4 is 4.74 Å². The van der Waals surface area contributed by atoms with Gasteiger partial charge >= 0.3 is 0 Å². The molecule has 3 aliphatic rings. The molecule has 2 heterocycles. The molecule has 0 N–H and O–H groups in total. The predicted octanol–water partition coefficient (Wildman–Crippen LogP) is 6.96. The summed E-state index contributed by atoms with van der Waals surface area (Å²) < 4.78 is 6.56. The first-order chi connectivity index (χ1) is 14.1. The maximum atomic E-state index is 6.56. The standard InChI is InChI=1S/C24H20Cl2N2O/c25-18-12-19-22-14-21(17-8-7-15-5-1-2-6-16(15)11-17)27-28(22)24(9-3-4-10-24)29-23(19)20(26)13-18/h1-2,5-8,11-13,22H,3-4,9-10,14H2/t22-/m0/s1. The molecule has 29 heavy (non-hydrogen) atoms. The average molecular weight is 423 g/mol. The molecule has 5 heteroatoms. The molecule has 0 aromatic heterocycles. The average Bonchev–Trinajstić information content (AvgIpc) is 3.37. The Balaban J connectivity index is 1.48. The van der Waals surface area contributed by atoms with Gasteiger partial charge in [-0.15, -0.1) is 0 Å². The van der Waals surface area contributed by atoms with Crippen LogP contribution in [0.1, 0.15) is 49.3 Å². The van der Waals surface area contributed by atoms with E-state index >= 15 is 0 Å². The molecule has 3 nitrogen and oxygen atoms in total. The highest BCUT2D eigenvalue weighted by molar-refractivity contribution is 6.35. The molecule has 3 aromatic carbocycles. The number of nitrogens with zero attached hydrogens (tertiary/aromatic N) is 2. The topological polar surface area (TPSA) is 24.8 Å². The van der Waals surface area contributed by atoms with Gasteiger partial charge in [0, 0.05) is 29.8 Å². The normalized spacial score (nSPS) is 21.8. The zero-order valence-corrected chi connectivity index (χ0v) is 17.4. The highest BCUT2D eigenvalue weighted by Crippen LogP contribution is 2.54. The minimum atomic E-state index is -0.395. The maximum absolute atomic E-state index is 6.56. The Kier molecular flexibility index (Phi) is 3.88. The van der Waals surface area contributed by atoms with Gasteiger partial charge in [-0.05, 0) is 47.4 Å². The van der Waals surface area contributed by atoms with E-state index in [-0.39, 0.29) is 6.04 Å². The van der Waals surface area contributed by atoms with E-state index in [0.29, 0.717) is 10.0 Å².